The van der Waals surface area contributed by atoms with Crippen LogP contribution in [-0.4, -0.2) is 42.1 Å². The SMILES string of the molecule is c1cc(C2CCN(C3CCCNC3)CC2)ccn1. The van der Waals surface area contributed by atoms with Crippen LogP contribution in [0.2, 0.25) is 0 Å². The fourth-order valence-corrected chi connectivity index (χ4v) is 3.38. The average Bonchev–Trinajstić information content (AvgIpc) is 2.49. The van der Waals surface area contributed by atoms with Gasteiger partial charge in [-0.1, -0.05) is 0 Å². The standard InChI is InChI=1S/C15H23N3/c1-2-15(12-17-7-1)18-10-5-14(6-11-18)13-3-8-16-9-4-13/h3-4,8-9,14-15,17H,1-2,5-7,10-12H2. The highest BCUT2D eigenvalue weighted by Crippen LogP contribution is 2.29. The predicted molar refractivity (Wildman–Crippen MR) is 73.7 cm³/mol. The van der Waals surface area contributed by atoms with Crippen molar-refractivity contribution in [1.82, 2.24) is 15.2 Å². The van der Waals surface area contributed by atoms with Crippen molar-refractivity contribution >= 4 is 0 Å². The Morgan fingerprint density at radius 1 is 1.11 bits per heavy atom. The number of likely N-dealkylation sites (tertiary alicyclic amines) is 1. The smallest absolute Gasteiger partial charge is 0.0270 e. The Balaban J connectivity index is 1.54. The summed E-state index contributed by atoms with van der Waals surface area (Å²) >= 11 is 0. The monoisotopic (exact) mass is 245 g/mol. The lowest BCUT2D eigenvalue weighted by Gasteiger charge is -2.39. The van der Waals surface area contributed by atoms with Crippen LogP contribution >= 0.6 is 0 Å². The lowest BCUT2D eigenvalue weighted by Crippen LogP contribution is -2.48. The summed E-state index contributed by atoms with van der Waals surface area (Å²) in [5, 5.41) is 3.53. The van der Waals surface area contributed by atoms with Crippen LogP contribution in [0.5, 0.6) is 0 Å². The molecule has 18 heavy (non-hydrogen) atoms. The van der Waals surface area contributed by atoms with Gasteiger partial charge in [-0.05, 0) is 68.9 Å². The number of nitrogens with zero attached hydrogens (tertiary/aromatic N) is 2. The molecule has 1 unspecified atom stereocenters. The second-order valence-corrected chi connectivity index (χ2v) is 5.59. The fourth-order valence-electron chi connectivity index (χ4n) is 3.38. The molecule has 1 N–H and O–H groups in total. The van der Waals surface area contributed by atoms with Gasteiger partial charge >= 0.3 is 0 Å². The minimum atomic E-state index is 0.751. The second-order valence-electron chi connectivity index (χ2n) is 5.59. The molecule has 0 bridgehead atoms. The Labute approximate surface area is 110 Å². The first-order valence-electron chi connectivity index (χ1n) is 7.28. The van der Waals surface area contributed by atoms with E-state index < -0.39 is 0 Å². The zero-order chi connectivity index (χ0) is 12.2. The Kier molecular flexibility index (Phi) is 3.91. The molecule has 0 spiro atoms. The highest BCUT2D eigenvalue weighted by atomic mass is 15.2. The number of hydrogen-bond donors (Lipinski definition) is 1. The second kappa shape index (κ2) is 5.81. The van der Waals surface area contributed by atoms with E-state index in [2.05, 4.69) is 27.3 Å². The van der Waals surface area contributed by atoms with Crippen molar-refractivity contribution in [3.63, 3.8) is 0 Å². The quantitative estimate of drug-likeness (QED) is 0.864. The summed E-state index contributed by atoms with van der Waals surface area (Å²) in [6.07, 6.45) is 9.18. The topological polar surface area (TPSA) is 28.2 Å². The van der Waals surface area contributed by atoms with Crippen molar-refractivity contribution in [2.45, 2.75) is 37.6 Å². The van der Waals surface area contributed by atoms with Crippen molar-refractivity contribution in [3.05, 3.63) is 30.1 Å². The number of nitrogens with one attached hydrogen (secondary N) is 1. The van der Waals surface area contributed by atoms with Crippen molar-refractivity contribution in [1.29, 1.82) is 0 Å². The molecular weight excluding hydrogens is 222 g/mol. The van der Waals surface area contributed by atoms with Crippen LogP contribution in [0.15, 0.2) is 24.5 Å². The van der Waals surface area contributed by atoms with Gasteiger partial charge in [0, 0.05) is 25.0 Å². The lowest BCUT2D eigenvalue weighted by atomic mass is 9.89. The number of piperidine rings is 2. The van der Waals surface area contributed by atoms with Crippen molar-refractivity contribution < 1.29 is 0 Å². The van der Waals surface area contributed by atoms with E-state index in [9.17, 15) is 0 Å². The minimum absolute atomic E-state index is 0.751. The Morgan fingerprint density at radius 3 is 2.56 bits per heavy atom. The molecule has 1 atom stereocenters. The van der Waals surface area contributed by atoms with Gasteiger partial charge in [0.15, 0.2) is 0 Å². The predicted octanol–water partition coefficient (Wildman–Crippen LogP) is 2.01. The van der Waals surface area contributed by atoms with Gasteiger partial charge in [0.1, 0.15) is 0 Å². The van der Waals surface area contributed by atoms with Gasteiger partial charge in [-0.25, -0.2) is 0 Å². The zero-order valence-corrected chi connectivity index (χ0v) is 11.0. The molecule has 98 valence electrons. The Bertz CT molecular complexity index is 351. The molecule has 3 heteroatoms. The van der Waals surface area contributed by atoms with E-state index >= 15 is 0 Å². The highest BCUT2D eigenvalue weighted by Gasteiger charge is 2.26. The van der Waals surface area contributed by atoms with E-state index in [1.165, 1.54) is 57.4 Å². The van der Waals surface area contributed by atoms with Gasteiger partial charge in [-0.15, -0.1) is 0 Å². The summed E-state index contributed by atoms with van der Waals surface area (Å²) in [5.74, 6) is 0.751. The molecular formula is C15H23N3. The molecule has 3 heterocycles. The molecule has 0 radical (unpaired) electrons. The van der Waals surface area contributed by atoms with Crippen LogP contribution in [-0.2, 0) is 0 Å². The van der Waals surface area contributed by atoms with E-state index in [-0.39, 0.29) is 0 Å². The molecule has 2 aliphatic rings. The van der Waals surface area contributed by atoms with Crippen LogP contribution in [0.25, 0.3) is 0 Å². The molecule has 2 saturated heterocycles. The third kappa shape index (κ3) is 2.73. The third-order valence-corrected chi connectivity index (χ3v) is 4.49. The largest absolute Gasteiger partial charge is 0.315 e. The maximum absolute atomic E-state index is 4.11. The summed E-state index contributed by atoms with van der Waals surface area (Å²) in [6.45, 7) is 4.93. The molecule has 3 nitrogen and oxygen atoms in total. The Morgan fingerprint density at radius 2 is 1.89 bits per heavy atom. The van der Waals surface area contributed by atoms with E-state index in [4.69, 9.17) is 0 Å². The molecule has 2 aliphatic heterocycles. The van der Waals surface area contributed by atoms with Crippen LogP contribution < -0.4 is 5.32 Å². The average molecular weight is 245 g/mol. The van der Waals surface area contributed by atoms with Gasteiger partial charge < -0.3 is 5.32 Å². The van der Waals surface area contributed by atoms with Gasteiger partial charge in [-0.3, -0.25) is 9.88 Å². The number of rotatable bonds is 2. The fraction of sp³-hybridized carbons (Fsp3) is 0.667. The van der Waals surface area contributed by atoms with Crippen molar-refractivity contribution in [2.24, 2.45) is 0 Å². The van der Waals surface area contributed by atoms with E-state index in [0.717, 1.165) is 12.0 Å². The summed E-state index contributed by atoms with van der Waals surface area (Å²) in [6, 6.07) is 5.16. The normalized spacial score (nSPS) is 27.2. The number of aromatic nitrogens is 1. The molecule has 1 aromatic rings. The van der Waals surface area contributed by atoms with Gasteiger partial charge in [0.2, 0.25) is 0 Å². The summed E-state index contributed by atoms with van der Waals surface area (Å²) in [7, 11) is 0. The first kappa shape index (κ1) is 12.1. The van der Waals surface area contributed by atoms with E-state index in [1.807, 2.05) is 12.4 Å². The summed E-state index contributed by atoms with van der Waals surface area (Å²) < 4.78 is 0. The first-order valence-corrected chi connectivity index (χ1v) is 7.28. The maximum atomic E-state index is 4.11. The van der Waals surface area contributed by atoms with Crippen LogP contribution in [0, 0.1) is 0 Å². The molecule has 0 amide bonds. The van der Waals surface area contributed by atoms with Crippen LogP contribution in [0.4, 0.5) is 0 Å². The molecule has 0 aromatic carbocycles. The zero-order valence-electron chi connectivity index (χ0n) is 11.0. The highest BCUT2D eigenvalue weighted by molar-refractivity contribution is 5.16. The van der Waals surface area contributed by atoms with Crippen LogP contribution in [0.3, 0.4) is 0 Å². The van der Waals surface area contributed by atoms with Crippen molar-refractivity contribution in [2.75, 3.05) is 26.2 Å². The molecule has 3 rings (SSSR count). The first-order chi connectivity index (χ1) is 8.93. The van der Waals surface area contributed by atoms with Gasteiger partial charge in [0.25, 0.3) is 0 Å². The minimum Gasteiger partial charge on any atom is -0.315 e. The lowest BCUT2D eigenvalue weighted by molar-refractivity contribution is 0.130. The maximum Gasteiger partial charge on any atom is 0.0270 e. The molecule has 0 saturated carbocycles. The van der Waals surface area contributed by atoms with Gasteiger partial charge in [0.05, 0.1) is 0 Å². The van der Waals surface area contributed by atoms with Gasteiger partial charge in [-0.2, -0.15) is 0 Å². The number of hydrogen-bond acceptors (Lipinski definition) is 3. The third-order valence-electron chi connectivity index (χ3n) is 4.49. The molecule has 1 aromatic heterocycles. The molecule has 2 fully saturated rings. The van der Waals surface area contributed by atoms with E-state index in [1.54, 1.807) is 0 Å². The van der Waals surface area contributed by atoms with Crippen LogP contribution in [0.1, 0.15) is 37.2 Å². The Hall–Kier alpha value is -0.930. The molecule has 0 aliphatic carbocycles. The van der Waals surface area contributed by atoms with E-state index in [0.29, 0.717) is 0 Å². The summed E-state index contributed by atoms with van der Waals surface area (Å²) in [5.41, 5.74) is 1.48. The van der Waals surface area contributed by atoms with Crippen molar-refractivity contribution in [3.8, 4) is 0 Å². The number of pyridine rings is 1. The summed E-state index contributed by atoms with van der Waals surface area (Å²) in [4.78, 5) is 6.81.